The number of hydrazine groups is 1. The fraction of sp³-hybridized carbons (Fsp3) is 0.417. The Morgan fingerprint density at radius 3 is 2.03 bits per heavy atom. The smallest absolute Gasteiger partial charge is 0.284 e. The molecule has 1 aliphatic rings. The molecule has 0 atom stereocenters. The molecule has 1 fully saturated rings. The molecule has 2 aromatic carbocycles. The molecule has 7 heteroatoms. The van der Waals surface area contributed by atoms with Gasteiger partial charge in [-0.2, -0.15) is 4.41 Å². The summed E-state index contributed by atoms with van der Waals surface area (Å²) < 4.78 is 9.04. The standard InChI is InChI=1S/C24H31N3O3S/c1-18-15-19(2)17-21(16-18)22(28)26(24(3,4)5)27(31-25-11-13-30-14-12-25)23(29)20-9-7-6-8-10-20/h6-10,15-17H,11-14H2,1-5H3. The Labute approximate surface area is 189 Å². The predicted molar refractivity (Wildman–Crippen MR) is 124 cm³/mol. The normalized spacial score (nSPS) is 14.9. The Morgan fingerprint density at radius 2 is 1.48 bits per heavy atom. The predicted octanol–water partition coefficient (Wildman–Crippen LogP) is 4.50. The second kappa shape index (κ2) is 9.85. The van der Waals surface area contributed by atoms with Crippen LogP contribution in [0.15, 0.2) is 48.5 Å². The van der Waals surface area contributed by atoms with Crippen molar-refractivity contribution in [3.8, 4) is 0 Å². The van der Waals surface area contributed by atoms with Gasteiger partial charge < -0.3 is 4.74 Å². The highest BCUT2D eigenvalue weighted by atomic mass is 32.2. The number of hydrogen-bond donors (Lipinski definition) is 0. The van der Waals surface area contributed by atoms with E-state index in [1.807, 2.05) is 71.0 Å². The minimum atomic E-state index is -0.627. The summed E-state index contributed by atoms with van der Waals surface area (Å²) in [7, 11) is 0. The minimum absolute atomic E-state index is 0.204. The molecule has 2 amide bonds. The van der Waals surface area contributed by atoms with Crippen LogP contribution in [0.25, 0.3) is 0 Å². The molecule has 0 aromatic heterocycles. The average Bonchev–Trinajstić information content (AvgIpc) is 2.72. The number of nitrogens with zero attached hydrogens (tertiary/aromatic N) is 3. The number of ether oxygens (including phenoxy) is 1. The highest BCUT2D eigenvalue weighted by molar-refractivity contribution is 7.95. The lowest BCUT2D eigenvalue weighted by molar-refractivity contribution is -0.00307. The number of hydrogen-bond acceptors (Lipinski definition) is 5. The van der Waals surface area contributed by atoms with Crippen LogP contribution >= 0.6 is 12.1 Å². The summed E-state index contributed by atoms with van der Waals surface area (Å²) in [5.41, 5.74) is 2.50. The molecule has 0 bridgehead atoms. The molecular weight excluding hydrogens is 410 g/mol. The van der Waals surface area contributed by atoms with Crippen molar-refractivity contribution in [2.45, 2.75) is 40.2 Å². The quantitative estimate of drug-likeness (QED) is 0.517. The van der Waals surface area contributed by atoms with Gasteiger partial charge in [0.05, 0.1) is 30.9 Å². The van der Waals surface area contributed by atoms with E-state index in [9.17, 15) is 9.59 Å². The molecule has 1 heterocycles. The Morgan fingerprint density at radius 1 is 0.903 bits per heavy atom. The van der Waals surface area contributed by atoms with Crippen molar-refractivity contribution < 1.29 is 14.3 Å². The second-order valence-corrected chi connectivity index (χ2v) is 9.76. The maximum absolute atomic E-state index is 13.8. The zero-order chi connectivity index (χ0) is 22.6. The Balaban J connectivity index is 2.03. The lowest BCUT2D eigenvalue weighted by atomic mass is 10.0. The van der Waals surface area contributed by atoms with Crippen molar-refractivity contribution in [1.29, 1.82) is 0 Å². The number of carbonyl (C=O) groups excluding carboxylic acids is 2. The van der Waals surface area contributed by atoms with Crippen LogP contribution in [-0.4, -0.2) is 57.4 Å². The van der Waals surface area contributed by atoms with Gasteiger partial charge in [-0.3, -0.25) is 9.59 Å². The van der Waals surface area contributed by atoms with Crippen molar-refractivity contribution in [2.75, 3.05) is 26.3 Å². The fourth-order valence-electron chi connectivity index (χ4n) is 3.47. The molecule has 166 valence electrons. The van der Waals surface area contributed by atoms with Crippen molar-refractivity contribution >= 4 is 23.9 Å². The molecule has 0 N–H and O–H groups in total. The van der Waals surface area contributed by atoms with Gasteiger partial charge in [0, 0.05) is 24.2 Å². The highest BCUT2D eigenvalue weighted by Crippen LogP contribution is 2.30. The van der Waals surface area contributed by atoms with E-state index in [1.54, 1.807) is 17.1 Å². The Hall–Kier alpha value is -2.35. The molecule has 1 saturated heterocycles. The Kier molecular flexibility index (Phi) is 7.41. The number of aryl methyl sites for hydroxylation is 2. The maximum atomic E-state index is 13.8. The van der Waals surface area contributed by atoms with Crippen molar-refractivity contribution in [3.63, 3.8) is 0 Å². The first-order chi connectivity index (χ1) is 14.7. The first kappa shape index (κ1) is 23.3. The monoisotopic (exact) mass is 441 g/mol. The van der Waals surface area contributed by atoms with Crippen molar-refractivity contribution in [3.05, 3.63) is 70.8 Å². The molecule has 0 saturated carbocycles. The van der Waals surface area contributed by atoms with Gasteiger partial charge in [-0.1, -0.05) is 35.4 Å². The van der Waals surface area contributed by atoms with Gasteiger partial charge in [0.1, 0.15) is 0 Å². The topological polar surface area (TPSA) is 53.1 Å². The Bertz CT molecular complexity index is 901. The summed E-state index contributed by atoms with van der Waals surface area (Å²) in [6, 6.07) is 14.9. The van der Waals surface area contributed by atoms with Gasteiger partial charge in [-0.15, -0.1) is 0 Å². The van der Waals surface area contributed by atoms with Gasteiger partial charge in [-0.25, -0.2) is 9.31 Å². The number of amides is 2. The minimum Gasteiger partial charge on any atom is -0.379 e. The van der Waals surface area contributed by atoms with Crippen LogP contribution in [0.3, 0.4) is 0 Å². The van der Waals surface area contributed by atoms with E-state index >= 15 is 0 Å². The number of carbonyl (C=O) groups is 2. The molecule has 0 unspecified atom stereocenters. The summed E-state index contributed by atoms with van der Waals surface area (Å²) in [4.78, 5) is 27.4. The summed E-state index contributed by atoms with van der Waals surface area (Å²) in [6.45, 7) is 12.3. The van der Waals surface area contributed by atoms with Gasteiger partial charge >= 0.3 is 0 Å². The van der Waals surface area contributed by atoms with Gasteiger partial charge in [0.2, 0.25) is 0 Å². The molecule has 0 spiro atoms. The van der Waals surface area contributed by atoms with Crippen molar-refractivity contribution in [1.82, 2.24) is 13.7 Å². The molecule has 2 aromatic rings. The average molecular weight is 442 g/mol. The fourth-order valence-corrected chi connectivity index (χ4v) is 4.58. The maximum Gasteiger partial charge on any atom is 0.284 e. The summed E-state index contributed by atoms with van der Waals surface area (Å²) in [5, 5.41) is 1.58. The van der Waals surface area contributed by atoms with E-state index in [-0.39, 0.29) is 11.8 Å². The van der Waals surface area contributed by atoms with Crippen LogP contribution < -0.4 is 0 Å². The second-order valence-electron chi connectivity index (χ2n) is 8.73. The third kappa shape index (κ3) is 5.87. The number of morpholine rings is 1. The molecule has 0 radical (unpaired) electrons. The molecule has 31 heavy (non-hydrogen) atoms. The van der Waals surface area contributed by atoms with Crippen LogP contribution in [-0.2, 0) is 4.74 Å². The summed E-state index contributed by atoms with van der Waals surface area (Å²) >= 11 is 1.28. The van der Waals surface area contributed by atoms with Crippen LogP contribution in [0.1, 0.15) is 52.6 Å². The highest BCUT2D eigenvalue weighted by Gasteiger charge is 2.38. The first-order valence-corrected chi connectivity index (χ1v) is 11.2. The third-order valence-corrected chi connectivity index (χ3v) is 5.92. The largest absolute Gasteiger partial charge is 0.379 e. The van der Waals surface area contributed by atoms with Crippen LogP contribution in [0, 0.1) is 13.8 Å². The van der Waals surface area contributed by atoms with Gasteiger partial charge in [0.15, 0.2) is 0 Å². The van der Waals surface area contributed by atoms with E-state index in [4.69, 9.17) is 4.74 Å². The van der Waals surface area contributed by atoms with Gasteiger partial charge in [-0.05, 0) is 58.9 Å². The molecule has 0 aliphatic carbocycles. The molecule has 1 aliphatic heterocycles. The zero-order valence-electron chi connectivity index (χ0n) is 18.9. The SMILES string of the molecule is Cc1cc(C)cc(C(=O)N(N(SN2CCOCC2)C(=O)c2ccccc2)C(C)(C)C)c1. The number of benzene rings is 2. The van der Waals surface area contributed by atoms with E-state index in [2.05, 4.69) is 4.31 Å². The summed E-state index contributed by atoms with van der Waals surface area (Å²) in [6.07, 6.45) is 0. The first-order valence-electron chi connectivity index (χ1n) is 10.5. The van der Waals surface area contributed by atoms with E-state index in [0.29, 0.717) is 37.4 Å². The van der Waals surface area contributed by atoms with Crippen molar-refractivity contribution in [2.24, 2.45) is 0 Å². The molecule has 3 rings (SSSR count). The lowest BCUT2D eigenvalue weighted by Gasteiger charge is -2.44. The third-order valence-electron chi connectivity index (χ3n) is 4.84. The summed E-state index contributed by atoms with van der Waals surface area (Å²) in [5.74, 6) is -0.436. The molecule has 6 nitrogen and oxygen atoms in total. The lowest BCUT2D eigenvalue weighted by Crippen LogP contribution is -2.56. The van der Waals surface area contributed by atoms with Crippen LogP contribution in [0.5, 0.6) is 0 Å². The zero-order valence-corrected chi connectivity index (χ0v) is 19.7. The number of rotatable bonds is 4. The van der Waals surface area contributed by atoms with Crippen LogP contribution in [0.2, 0.25) is 0 Å². The molecular formula is C24H31N3O3S. The van der Waals surface area contributed by atoms with E-state index in [1.165, 1.54) is 16.5 Å². The van der Waals surface area contributed by atoms with Crippen LogP contribution in [0.4, 0.5) is 0 Å². The van der Waals surface area contributed by atoms with Gasteiger partial charge in [0.25, 0.3) is 11.8 Å². The van der Waals surface area contributed by atoms with E-state index < -0.39 is 5.54 Å². The van der Waals surface area contributed by atoms with E-state index in [0.717, 1.165) is 11.1 Å².